The summed E-state index contributed by atoms with van der Waals surface area (Å²) < 4.78 is 2.76. The van der Waals surface area contributed by atoms with Crippen molar-refractivity contribution in [2.24, 2.45) is 12.0 Å². The molecule has 0 amide bonds. The van der Waals surface area contributed by atoms with E-state index >= 15 is 0 Å². The van der Waals surface area contributed by atoms with Gasteiger partial charge in [-0.1, -0.05) is 17.7 Å². The quantitative estimate of drug-likeness (QED) is 0.499. The van der Waals surface area contributed by atoms with Crippen molar-refractivity contribution in [3.05, 3.63) is 55.4 Å². The van der Waals surface area contributed by atoms with Crippen LogP contribution in [0, 0.1) is 6.92 Å². The van der Waals surface area contributed by atoms with Crippen LogP contribution in [-0.2, 0) is 26.7 Å². The lowest BCUT2D eigenvalue weighted by Crippen LogP contribution is -2.38. The summed E-state index contributed by atoms with van der Waals surface area (Å²) in [4.78, 5) is 9.31. The molecule has 0 aliphatic heterocycles. The average Bonchev–Trinajstić information content (AvgIpc) is 3.33. The molecule has 3 aromatic rings. The number of thiophene rings is 2. The van der Waals surface area contributed by atoms with Crippen LogP contribution < -0.4 is 5.32 Å². The summed E-state index contributed by atoms with van der Waals surface area (Å²) in [5, 5.41) is 13.8. The molecule has 0 unspecified atom stereocenters. The van der Waals surface area contributed by atoms with E-state index in [4.69, 9.17) is 16.6 Å². The Morgan fingerprint density at radius 1 is 1.31 bits per heavy atom. The fraction of sp³-hybridized carbons (Fsp3) is 0.353. The highest BCUT2D eigenvalue weighted by Gasteiger charge is 2.11. The summed E-state index contributed by atoms with van der Waals surface area (Å²) in [6, 6.07) is 8.14. The van der Waals surface area contributed by atoms with Gasteiger partial charge in [-0.3, -0.25) is 0 Å². The number of aryl methyl sites for hydroxylation is 1. The fourth-order valence-electron chi connectivity index (χ4n) is 2.37. The number of guanidine groups is 1. The van der Waals surface area contributed by atoms with Gasteiger partial charge < -0.3 is 14.8 Å². The molecule has 0 aliphatic carbocycles. The van der Waals surface area contributed by atoms with E-state index in [1.165, 1.54) is 9.75 Å². The van der Waals surface area contributed by atoms with Crippen LogP contribution in [0.3, 0.4) is 0 Å². The summed E-state index contributed by atoms with van der Waals surface area (Å²) in [5.74, 6) is 2.54. The fourth-order valence-corrected chi connectivity index (χ4v) is 4.16. The standard InChI is InChI=1S/C17H21ClN6S2/c1-12-21-22-16(24(12)3)10-20-17(19-9-13-5-4-8-25-13)23(2)11-14-6-7-15(18)26-14/h4-8H,9-11H2,1-3H3,(H,19,20). The van der Waals surface area contributed by atoms with Crippen LogP contribution in [-0.4, -0.2) is 32.7 Å². The van der Waals surface area contributed by atoms with Gasteiger partial charge in [-0.2, -0.15) is 0 Å². The first-order valence-corrected chi connectivity index (χ1v) is 10.2. The van der Waals surface area contributed by atoms with Gasteiger partial charge in [-0.25, -0.2) is 4.99 Å². The van der Waals surface area contributed by atoms with Crippen LogP contribution in [0.2, 0.25) is 4.34 Å². The molecule has 9 heteroatoms. The maximum Gasteiger partial charge on any atom is 0.194 e. The third-order valence-electron chi connectivity index (χ3n) is 3.94. The maximum absolute atomic E-state index is 6.05. The molecule has 3 rings (SSSR count). The number of halogens is 1. The van der Waals surface area contributed by atoms with Crippen molar-refractivity contribution < 1.29 is 0 Å². The third kappa shape index (κ3) is 4.84. The molecule has 138 valence electrons. The number of aromatic nitrogens is 3. The van der Waals surface area contributed by atoms with Gasteiger partial charge >= 0.3 is 0 Å². The highest BCUT2D eigenvalue weighted by atomic mass is 35.5. The second kappa shape index (κ2) is 8.66. The molecule has 0 aromatic carbocycles. The van der Waals surface area contributed by atoms with Crippen molar-refractivity contribution in [1.29, 1.82) is 0 Å². The van der Waals surface area contributed by atoms with Gasteiger partial charge in [0.25, 0.3) is 0 Å². The first-order chi connectivity index (χ1) is 12.5. The number of nitrogens with one attached hydrogen (secondary N) is 1. The highest BCUT2D eigenvalue weighted by molar-refractivity contribution is 7.16. The van der Waals surface area contributed by atoms with Crippen LogP contribution in [0.15, 0.2) is 34.6 Å². The zero-order chi connectivity index (χ0) is 18.5. The summed E-state index contributed by atoms with van der Waals surface area (Å²) in [6.45, 7) is 3.89. The second-order valence-electron chi connectivity index (χ2n) is 5.86. The average molecular weight is 409 g/mol. The van der Waals surface area contributed by atoms with Crippen molar-refractivity contribution in [2.45, 2.75) is 26.6 Å². The highest BCUT2D eigenvalue weighted by Crippen LogP contribution is 2.22. The van der Waals surface area contributed by atoms with E-state index in [9.17, 15) is 0 Å². The van der Waals surface area contributed by atoms with Gasteiger partial charge in [0.2, 0.25) is 0 Å². The van der Waals surface area contributed by atoms with Crippen LogP contribution in [0.25, 0.3) is 0 Å². The normalized spacial score (nSPS) is 11.8. The zero-order valence-electron chi connectivity index (χ0n) is 14.9. The van der Waals surface area contributed by atoms with Crippen molar-refractivity contribution in [3.63, 3.8) is 0 Å². The molecular weight excluding hydrogens is 388 g/mol. The number of aliphatic imine (C=N–C) groups is 1. The van der Waals surface area contributed by atoms with Crippen LogP contribution in [0.5, 0.6) is 0 Å². The molecule has 0 spiro atoms. The van der Waals surface area contributed by atoms with E-state index in [0.29, 0.717) is 6.54 Å². The number of nitrogens with zero attached hydrogens (tertiary/aromatic N) is 5. The Morgan fingerprint density at radius 3 is 2.77 bits per heavy atom. The zero-order valence-corrected chi connectivity index (χ0v) is 17.3. The topological polar surface area (TPSA) is 58.3 Å². The summed E-state index contributed by atoms with van der Waals surface area (Å²) in [7, 11) is 3.98. The lowest BCUT2D eigenvalue weighted by atomic mass is 10.4. The first-order valence-electron chi connectivity index (χ1n) is 8.14. The largest absolute Gasteiger partial charge is 0.351 e. The van der Waals surface area contributed by atoms with Crippen molar-refractivity contribution >= 4 is 40.2 Å². The minimum Gasteiger partial charge on any atom is -0.351 e. The number of hydrogen-bond donors (Lipinski definition) is 1. The Balaban J connectivity index is 1.73. The number of rotatable bonds is 6. The van der Waals surface area contributed by atoms with E-state index in [2.05, 4.69) is 37.9 Å². The lowest BCUT2D eigenvalue weighted by Gasteiger charge is -2.21. The minimum atomic E-state index is 0.472. The monoisotopic (exact) mass is 408 g/mol. The molecule has 0 fully saturated rings. The summed E-state index contributed by atoms with van der Waals surface area (Å²) in [6.07, 6.45) is 0. The predicted molar refractivity (Wildman–Crippen MR) is 109 cm³/mol. The van der Waals surface area contributed by atoms with Crippen LogP contribution in [0.1, 0.15) is 21.4 Å². The molecular formula is C17H21ClN6S2. The smallest absolute Gasteiger partial charge is 0.194 e. The Kier molecular flexibility index (Phi) is 6.29. The van der Waals surface area contributed by atoms with Crippen molar-refractivity contribution in [3.8, 4) is 0 Å². The molecule has 3 aromatic heterocycles. The second-order valence-corrected chi connectivity index (χ2v) is 8.69. The third-order valence-corrected chi connectivity index (χ3v) is 6.03. The Hall–Kier alpha value is -1.90. The van der Waals surface area contributed by atoms with Crippen molar-refractivity contribution in [1.82, 2.24) is 25.0 Å². The lowest BCUT2D eigenvalue weighted by molar-refractivity contribution is 0.478. The van der Waals surface area contributed by atoms with Crippen molar-refractivity contribution in [2.75, 3.05) is 7.05 Å². The van der Waals surface area contributed by atoms with Gasteiger partial charge in [-0.05, 0) is 30.5 Å². The Bertz CT molecular complexity index is 868. The molecule has 0 saturated carbocycles. The van der Waals surface area contributed by atoms with E-state index in [1.807, 2.05) is 37.7 Å². The predicted octanol–water partition coefficient (Wildman–Crippen LogP) is 3.68. The molecule has 3 heterocycles. The van der Waals surface area contributed by atoms with Crippen LogP contribution >= 0.6 is 34.3 Å². The number of hydrogen-bond acceptors (Lipinski definition) is 5. The molecule has 6 nitrogen and oxygen atoms in total. The van der Waals surface area contributed by atoms with Gasteiger partial charge in [0.05, 0.1) is 17.4 Å². The SMILES string of the molecule is Cc1nnc(CN=C(NCc2cccs2)N(C)Cc2ccc(Cl)s2)n1C. The molecule has 0 bridgehead atoms. The Morgan fingerprint density at radius 2 is 2.15 bits per heavy atom. The minimum absolute atomic E-state index is 0.472. The van der Waals surface area contributed by atoms with E-state index in [1.54, 1.807) is 22.7 Å². The van der Waals surface area contributed by atoms with Gasteiger partial charge in [0.15, 0.2) is 11.8 Å². The van der Waals surface area contributed by atoms with Crippen LogP contribution in [0.4, 0.5) is 0 Å². The van der Waals surface area contributed by atoms with E-state index < -0.39 is 0 Å². The first kappa shape index (κ1) is 18.9. The summed E-state index contributed by atoms with van der Waals surface area (Å²) >= 11 is 9.36. The molecule has 0 saturated heterocycles. The van der Waals surface area contributed by atoms with Gasteiger partial charge in [-0.15, -0.1) is 32.9 Å². The van der Waals surface area contributed by atoms with Gasteiger partial charge in [0.1, 0.15) is 12.4 Å². The van der Waals surface area contributed by atoms with E-state index in [-0.39, 0.29) is 0 Å². The van der Waals surface area contributed by atoms with Gasteiger partial charge in [0, 0.05) is 23.8 Å². The maximum atomic E-state index is 6.05. The molecule has 1 N–H and O–H groups in total. The summed E-state index contributed by atoms with van der Waals surface area (Å²) in [5.41, 5.74) is 0. The Labute approximate surface area is 166 Å². The molecule has 0 atom stereocenters. The molecule has 0 radical (unpaired) electrons. The molecule has 0 aliphatic rings. The van der Waals surface area contributed by atoms with E-state index in [0.717, 1.165) is 35.0 Å². The molecule has 26 heavy (non-hydrogen) atoms.